The summed E-state index contributed by atoms with van der Waals surface area (Å²) in [5.74, 6) is 0. The minimum atomic E-state index is -0.890. The van der Waals surface area contributed by atoms with Crippen LogP contribution in [0.3, 0.4) is 0 Å². The van der Waals surface area contributed by atoms with Crippen molar-refractivity contribution in [2.24, 2.45) is 0 Å². The van der Waals surface area contributed by atoms with Gasteiger partial charge in [0.05, 0.1) is 0 Å². The molecule has 0 saturated heterocycles. The average Bonchev–Trinajstić information content (AvgIpc) is 2.53. The summed E-state index contributed by atoms with van der Waals surface area (Å²) in [5.41, 5.74) is 3.78. The van der Waals surface area contributed by atoms with Crippen LogP contribution in [0.2, 0.25) is 0 Å². The molecular formula is C18H22O2. The molecule has 2 unspecified atom stereocenters. The lowest BCUT2D eigenvalue weighted by atomic mass is 9.91. The third kappa shape index (κ3) is 2.92. The summed E-state index contributed by atoms with van der Waals surface area (Å²) in [6, 6.07) is 15.5. The van der Waals surface area contributed by atoms with E-state index in [0.29, 0.717) is 0 Å². The van der Waals surface area contributed by atoms with Gasteiger partial charge in [0, 0.05) is 0 Å². The SMILES string of the molecule is CCc1ccccc1C(O)C(O)c1ccccc1CC. The van der Waals surface area contributed by atoms with Gasteiger partial charge in [-0.1, -0.05) is 62.4 Å². The van der Waals surface area contributed by atoms with E-state index in [4.69, 9.17) is 0 Å². The predicted molar refractivity (Wildman–Crippen MR) is 81.6 cm³/mol. The first-order chi connectivity index (χ1) is 9.69. The van der Waals surface area contributed by atoms with Crippen molar-refractivity contribution in [2.75, 3.05) is 0 Å². The van der Waals surface area contributed by atoms with E-state index < -0.39 is 12.2 Å². The minimum Gasteiger partial charge on any atom is -0.385 e. The standard InChI is InChI=1S/C18H22O2/c1-3-13-9-5-7-11-15(13)17(19)18(20)16-12-8-6-10-14(16)4-2/h5-12,17-20H,3-4H2,1-2H3. The lowest BCUT2D eigenvalue weighted by Crippen LogP contribution is -2.13. The fourth-order valence-electron chi connectivity index (χ4n) is 2.63. The number of benzene rings is 2. The van der Waals surface area contributed by atoms with Crippen molar-refractivity contribution < 1.29 is 10.2 Å². The number of rotatable bonds is 5. The Morgan fingerprint density at radius 3 is 1.40 bits per heavy atom. The second kappa shape index (κ2) is 6.69. The van der Waals surface area contributed by atoms with Crippen LogP contribution in [-0.2, 0) is 12.8 Å². The molecule has 0 saturated carbocycles. The van der Waals surface area contributed by atoms with Crippen molar-refractivity contribution in [1.29, 1.82) is 0 Å². The zero-order valence-corrected chi connectivity index (χ0v) is 12.1. The van der Waals surface area contributed by atoms with Gasteiger partial charge in [0.1, 0.15) is 12.2 Å². The zero-order chi connectivity index (χ0) is 14.5. The number of aryl methyl sites for hydroxylation is 2. The molecule has 0 radical (unpaired) electrons. The number of hydrogen-bond donors (Lipinski definition) is 2. The van der Waals surface area contributed by atoms with Crippen LogP contribution < -0.4 is 0 Å². The Labute approximate surface area is 120 Å². The van der Waals surface area contributed by atoms with E-state index in [1.807, 2.05) is 48.5 Å². The van der Waals surface area contributed by atoms with Crippen molar-refractivity contribution in [1.82, 2.24) is 0 Å². The number of aliphatic hydroxyl groups is 2. The largest absolute Gasteiger partial charge is 0.385 e. The molecule has 2 aromatic rings. The Balaban J connectivity index is 2.35. The number of hydrogen-bond acceptors (Lipinski definition) is 2. The van der Waals surface area contributed by atoms with E-state index in [-0.39, 0.29) is 0 Å². The Hall–Kier alpha value is -1.64. The van der Waals surface area contributed by atoms with Gasteiger partial charge in [-0.25, -0.2) is 0 Å². The van der Waals surface area contributed by atoms with E-state index in [1.54, 1.807) is 0 Å². The maximum absolute atomic E-state index is 10.5. The molecule has 2 atom stereocenters. The van der Waals surface area contributed by atoms with E-state index >= 15 is 0 Å². The van der Waals surface area contributed by atoms with Crippen LogP contribution >= 0.6 is 0 Å². The van der Waals surface area contributed by atoms with E-state index in [1.165, 1.54) is 0 Å². The van der Waals surface area contributed by atoms with Crippen LogP contribution in [0, 0.1) is 0 Å². The highest BCUT2D eigenvalue weighted by Gasteiger charge is 2.23. The van der Waals surface area contributed by atoms with Gasteiger partial charge in [-0.15, -0.1) is 0 Å². The molecule has 0 aliphatic carbocycles. The third-order valence-corrected chi connectivity index (χ3v) is 3.81. The molecule has 0 fully saturated rings. The van der Waals surface area contributed by atoms with E-state index in [9.17, 15) is 10.2 Å². The fraction of sp³-hybridized carbons (Fsp3) is 0.333. The highest BCUT2D eigenvalue weighted by atomic mass is 16.3. The molecule has 0 heterocycles. The van der Waals surface area contributed by atoms with Crippen LogP contribution in [0.25, 0.3) is 0 Å². The van der Waals surface area contributed by atoms with Gasteiger partial charge in [-0.2, -0.15) is 0 Å². The van der Waals surface area contributed by atoms with Gasteiger partial charge in [-0.3, -0.25) is 0 Å². The van der Waals surface area contributed by atoms with Gasteiger partial charge in [0.25, 0.3) is 0 Å². The molecular weight excluding hydrogens is 248 g/mol. The van der Waals surface area contributed by atoms with Gasteiger partial charge >= 0.3 is 0 Å². The molecule has 106 valence electrons. The summed E-state index contributed by atoms with van der Waals surface area (Å²) in [5, 5.41) is 21.0. The number of aliphatic hydroxyl groups excluding tert-OH is 2. The molecule has 0 amide bonds. The fourth-order valence-corrected chi connectivity index (χ4v) is 2.63. The van der Waals surface area contributed by atoms with Crippen molar-refractivity contribution in [2.45, 2.75) is 38.9 Å². The molecule has 0 bridgehead atoms. The predicted octanol–water partition coefficient (Wildman–Crippen LogP) is 3.58. The molecule has 2 N–H and O–H groups in total. The molecule has 2 rings (SSSR count). The van der Waals surface area contributed by atoms with Gasteiger partial charge in [0.2, 0.25) is 0 Å². The van der Waals surface area contributed by atoms with Crippen LogP contribution in [-0.4, -0.2) is 10.2 Å². The smallest absolute Gasteiger partial charge is 0.109 e. The second-order valence-electron chi connectivity index (χ2n) is 4.99. The molecule has 0 spiro atoms. The molecule has 0 aromatic heterocycles. The van der Waals surface area contributed by atoms with Crippen LogP contribution in [0.4, 0.5) is 0 Å². The Morgan fingerprint density at radius 2 is 1.05 bits per heavy atom. The third-order valence-electron chi connectivity index (χ3n) is 3.81. The summed E-state index contributed by atoms with van der Waals surface area (Å²) in [6.45, 7) is 4.11. The quantitative estimate of drug-likeness (QED) is 0.872. The average molecular weight is 270 g/mol. The van der Waals surface area contributed by atoms with E-state index in [0.717, 1.165) is 35.1 Å². The highest BCUT2D eigenvalue weighted by Crippen LogP contribution is 2.32. The summed E-state index contributed by atoms with van der Waals surface area (Å²) in [7, 11) is 0. The maximum Gasteiger partial charge on any atom is 0.109 e. The summed E-state index contributed by atoms with van der Waals surface area (Å²) in [6.07, 6.45) is -0.0946. The monoisotopic (exact) mass is 270 g/mol. The zero-order valence-electron chi connectivity index (χ0n) is 12.1. The van der Waals surface area contributed by atoms with Gasteiger partial charge < -0.3 is 10.2 Å². The first-order valence-electron chi connectivity index (χ1n) is 7.20. The Bertz CT molecular complexity index is 511. The molecule has 2 aromatic carbocycles. The summed E-state index contributed by atoms with van der Waals surface area (Å²) >= 11 is 0. The second-order valence-corrected chi connectivity index (χ2v) is 4.99. The van der Waals surface area contributed by atoms with Gasteiger partial charge in [0.15, 0.2) is 0 Å². The molecule has 2 nitrogen and oxygen atoms in total. The summed E-state index contributed by atoms with van der Waals surface area (Å²) < 4.78 is 0. The summed E-state index contributed by atoms with van der Waals surface area (Å²) in [4.78, 5) is 0. The van der Waals surface area contributed by atoms with Crippen molar-refractivity contribution >= 4 is 0 Å². The molecule has 20 heavy (non-hydrogen) atoms. The molecule has 2 heteroatoms. The minimum absolute atomic E-state index is 0.813. The first kappa shape index (κ1) is 14.8. The Morgan fingerprint density at radius 1 is 0.700 bits per heavy atom. The van der Waals surface area contributed by atoms with Gasteiger partial charge in [-0.05, 0) is 35.1 Å². The molecule has 0 aliphatic heterocycles. The van der Waals surface area contributed by atoms with Crippen molar-refractivity contribution in [3.05, 3.63) is 70.8 Å². The van der Waals surface area contributed by atoms with Crippen LogP contribution in [0.15, 0.2) is 48.5 Å². The Kier molecular flexibility index (Phi) is 4.94. The van der Waals surface area contributed by atoms with Crippen molar-refractivity contribution in [3.63, 3.8) is 0 Å². The van der Waals surface area contributed by atoms with Crippen LogP contribution in [0.5, 0.6) is 0 Å². The first-order valence-corrected chi connectivity index (χ1v) is 7.20. The molecule has 0 aliphatic rings. The maximum atomic E-state index is 10.5. The van der Waals surface area contributed by atoms with Crippen molar-refractivity contribution in [3.8, 4) is 0 Å². The lowest BCUT2D eigenvalue weighted by Gasteiger charge is -2.22. The van der Waals surface area contributed by atoms with E-state index in [2.05, 4.69) is 13.8 Å². The lowest BCUT2D eigenvalue weighted by molar-refractivity contribution is 0.0162. The highest BCUT2D eigenvalue weighted by molar-refractivity contribution is 5.35. The normalized spacial score (nSPS) is 14.0. The topological polar surface area (TPSA) is 40.5 Å². The van der Waals surface area contributed by atoms with Crippen LogP contribution in [0.1, 0.15) is 48.3 Å².